The first-order chi connectivity index (χ1) is 10.1. The van der Waals surface area contributed by atoms with Gasteiger partial charge in [-0.25, -0.2) is 0 Å². The van der Waals surface area contributed by atoms with Gasteiger partial charge in [-0.15, -0.1) is 0 Å². The monoisotopic (exact) mass is 288 g/mol. The molecule has 0 atom stereocenters. The highest BCUT2D eigenvalue weighted by molar-refractivity contribution is 5.89. The second-order valence-electron chi connectivity index (χ2n) is 4.97. The normalized spacial score (nSPS) is 10.4. The van der Waals surface area contributed by atoms with E-state index in [1.165, 1.54) is 5.56 Å². The van der Waals surface area contributed by atoms with Crippen molar-refractivity contribution in [1.82, 2.24) is 5.16 Å². The third-order valence-corrected chi connectivity index (χ3v) is 3.44. The molecular weight excluding hydrogens is 268 g/mol. The average Bonchev–Trinajstić information content (AvgIpc) is 2.80. The third kappa shape index (κ3) is 4.08. The summed E-state index contributed by atoms with van der Waals surface area (Å²) >= 11 is 0. The summed E-state index contributed by atoms with van der Waals surface area (Å²) in [5, 5.41) is 6.56. The fourth-order valence-electron chi connectivity index (χ4n) is 1.97. The van der Waals surface area contributed by atoms with Crippen molar-refractivity contribution in [3.63, 3.8) is 0 Å². The Bertz CT molecular complexity index is 602. The van der Waals surface area contributed by atoms with Crippen molar-refractivity contribution in [3.05, 3.63) is 41.1 Å². The molecule has 1 N–H and O–H groups in total. The number of carbonyl (C=O) groups excluding carboxylic acids is 1. The van der Waals surface area contributed by atoms with Crippen LogP contribution in [-0.2, 0) is 11.2 Å². The van der Waals surface area contributed by atoms with Gasteiger partial charge in [0.2, 0.25) is 11.8 Å². The van der Waals surface area contributed by atoms with Gasteiger partial charge in [-0.2, -0.15) is 0 Å². The Hall–Kier alpha value is -2.30. The number of benzene rings is 1. The number of methoxy groups -OCH3 is 1. The molecule has 112 valence electrons. The number of carbonyl (C=O) groups is 1. The summed E-state index contributed by atoms with van der Waals surface area (Å²) in [5.74, 6) is 1.23. The van der Waals surface area contributed by atoms with Gasteiger partial charge < -0.3 is 9.26 Å². The zero-order valence-corrected chi connectivity index (χ0v) is 12.6. The second-order valence-corrected chi connectivity index (χ2v) is 4.97. The van der Waals surface area contributed by atoms with Gasteiger partial charge in [-0.05, 0) is 44.4 Å². The largest absolute Gasteiger partial charge is 0.497 e. The third-order valence-electron chi connectivity index (χ3n) is 3.44. The number of hydrogen-bond acceptors (Lipinski definition) is 4. The number of nitrogens with zero attached hydrogens (tertiary/aromatic N) is 1. The average molecular weight is 288 g/mol. The summed E-state index contributed by atoms with van der Waals surface area (Å²) in [5.41, 5.74) is 2.86. The van der Waals surface area contributed by atoms with E-state index < -0.39 is 0 Å². The van der Waals surface area contributed by atoms with Crippen molar-refractivity contribution in [2.75, 3.05) is 12.4 Å². The van der Waals surface area contributed by atoms with E-state index >= 15 is 0 Å². The zero-order valence-electron chi connectivity index (χ0n) is 12.6. The Labute approximate surface area is 124 Å². The Kier molecular flexibility index (Phi) is 4.98. The summed E-state index contributed by atoms with van der Waals surface area (Å²) in [6, 6.07) is 7.88. The summed E-state index contributed by atoms with van der Waals surface area (Å²) < 4.78 is 10.2. The molecule has 0 spiro atoms. The van der Waals surface area contributed by atoms with E-state index in [4.69, 9.17) is 9.26 Å². The molecule has 1 aromatic carbocycles. The lowest BCUT2D eigenvalue weighted by atomic mass is 10.1. The number of aromatic nitrogens is 1. The van der Waals surface area contributed by atoms with Crippen molar-refractivity contribution in [3.8, 4) is 5.75 Å². The van der Waals surface area contributed by atoms with Crippen LogP contribution in [0.25, 0.3) is 0 Å². The predicted molar refractivity (Wildman–Crippen MR) is 80.5 cm³/mol. The number of aryl methyl sites for hydroxylation is 2. The van der Waals surface area contributed by atoms with E-state index in [1.54, 1.807) is 7.11 Å². The lowest BCUT2D eigenvalue weighted by Gasteiger charge is -2.04. The molecule has 0 aliphatic carbocycles. The molecule has 1 aromatic heterocycles. The molecule has 0 aliphatic heterocycles. The Morgan fingerprint density at radius 3 is 2.57 bits per heavy atom. The van der Waals surface area contributed by atoms with Crippen molar-refractivity contribution in [2.45, 2.75) is 33.1 Å². The predicted octanol–water partition coefficient (Wildman–Crippen LogP) is 3.26. The number of nitrogens with one attached hydrogen (secondary N) is 1. The van der Waals surface area contributed by atoms with Crippen molar-refractivity contribution >= 4 is 11.8 Å². The highest BCUT2D eigenvalue weighted by atomic mass is 16.5. The fraction of sp³-hybridized carbons (Fsp3) is 0.375. The molecule has 0 fully saturated rings. The van der Waals surface area contributed by atoms with Crippen molar-refractivity contribution in [1.29, 1.82) is 0 Å². The van der Waals surface area contributed by atoms with Crippen LogP contribution in [0.15, 0.2) is 28.8 Å². The van der Waals surface area contributed by atoms with Gasteiger partial charge in [0.1, 0.15) is 5.75 Å². The molecule has 0 bridgehead atoms. The van der Waals surface area contributed by atoms with E-state index in [0.29, 0.717) is 12.3 Å². The van der Waals surface area contributed by atoms with Crippen LogP contribution in [0.1, 0.15) is 29.7 Å². The fourth-order valence-corrected chi connectivity index (χ4v) is 1.97. The topological polar surface area (TPSA) is 64.4 Å². The van der Waals surface area contributed by atoms with Crippen molar-refractivity contribution < 1.29 is 14.1 Å². The summed E-state index contributed by atoms with van der Waals surface area (Å²) in [6.45, 7) is 3.72. The molecule has 5 nitrogen and oxygen atoms in total. The number of amides is 1. The first-order valence-corrected chi connectivity index (χ1v) is 6.96. The molecule has 2 aromatic rings. The SMILES string of the molecule is COc1ccc(CCCC(=O)Nc2onc(C)c2C)cc1. The van der Waals surface area contributed by atoms with E-state index in [0.717, 1.165) is 29.8 Å². The molecule has 0 saturated carbocycles. The van der Waals surface area contributed by atoms with E-state index in [9.17, 15) is 4.79 Å². The van der Waals surface area contributed by atoms with Crippen LogP contribution in [0.4, 0.5) is 5.88 Å². The van der Waals surface area contributed by atoms with Crippen LogP contribution in [0, 0.1) is 13.8 Å². The minimum atomic E-state index is -0.0530. The Morgan fingerprint density at radius 2 is 2.00 bits per heavy atom. The van der Waals surface area contributed by atoms with Gasteiger partial charge in [-0.3, -0.25) is 10.1 Å². The molecule has 1 heterocycles. The van der Waals surface area contributed by atoms with E-state index in [-0.39, 0.29) is 5.91 Å². The number of hydrogen-bond donors (Lipinski definition) is 1. The van der Waals surface area contributed by atoms with Gasteiger partial charge >= 0.3 is 0 Å². The molecule has 5 heteroatoms. The standard InChI is InChI=1S/C16H20N2O3/c1-11-12(2)18-21-16(11)17-15(19)6-4-5-13-7-9-14(20-3)10-8-13/h7-10H,4-6H2,1-3H3,(H,17,19). The van der Waals surface area contributed by atoms with Gasteiger partial charge in [0, 0.05) is 12.0 Å². The van der Waals surface area contributed by atoms with Crippen LogP contribution >= 0.6 is 0 Å². The van der Waals surface area contributed by atoms with Crippen LogP contribution in [0.5, 0.6) is 5.75 Å². The van der Waals surface area contributed by atoms with Gasteiger partial charge in [0.15, 0.2) is 0 Å². The molecule has 0 aliphatic rings. The second kappa shape index (κ2) is 6.92. The summed E-state index contributed by atoms with van der Waals surface area (Å²) in [7, 11) is 1.65. The highest BCUT2D eigenvalue weighted by Crippen LogP contribution is 2.18. The molecule has 0 unspecified atom stereocenters. The minimum absolute atomic E-state index is 0.0530. The molecule has 1 amide bonds. The maximum atomic E-state index is 11.8. The maximum absolute atomic E-state index is 11.8. The van der Waals surface area contributed by atoms with Gasteiger partial charge in [0.25, 0.3) is 0 Å². The van der Waals surface area contributed by atoms with Crippen LogP contribution in [0.2, 0.25) is 0 Å². The Balaban J connectivity index is 1.77. The van der Waals surface area contributed by atoms with E-state index in [1.807, 2.05) is 38.1 Å². The quantitative estimate of drug-likeness (QED) is 0.886. The Morgan fingerprint density at radius 1 is 1.29 bits per heavy atom. The van der Waals surface area contributed by atoms with E-state index in [2.05, 4.69) is 10.5 Å². The molecule has 0 saturated heterocycles. The minimum Gasteiger partial charge on any atom is -0.497 e. The maximum Gasteiger partial charge on any atom is 0.234 e. The lowest BCUT2D eigenvalue weighted by Crippen LogP contribution is -2.11. The van der Waals surface area contributed by atoms with Gasteiger partial charge in [-0.1, -0.05) is 17.3 Å². The van der Waals surface area contributed by atoms with Crippen LogP contribution in [0.3, 0.4) is 0 Å². The first-order valence-electron chi connectivity index (χ1n) is 6.96. The number of rotatable bonds is 6. The highest BCUT2D eigenvalue weighted by Gasteiger charge is 2.11. The number of ether oxygens (including phenoxy) is 1. The zero-order chi connectivity index (χ0) is 15.2. The van der Waals surface area contributed by atoms with Gasteiger partial charge in [0.05, 0.1) is 12.8 Å². The smallest absolute Gasteiger partial charge is 0.234 e. The molecular formula is C16H20N2O3. The first kappa shape index (κ1) is 15.1. The van der Waals surface area contributed by atoms with Crippen LogP contribution in [-0.4, -0.2) is 18.2 Å². The summed E-state index contributed by atoms with van der Waals surface area (Å²) in [4.78, 5) is 11.8. The molecule has 21 heavy (non-hydrogen) atoms. The van der Waals surface area contributed by atoms with Crippen molar-refractivity contribution in [2.24, 2.45) is 0 Å². The van der Waals surface area contributed by atoms with Crippen LogP contribution < -0.4 is 10.1 Å². The number of anilines is 1. The molecule has 0 radical (unpaired) electrons. The summed E-state index contributed by atoms with van der Waals surface area (Å²) in [6.07, 6.45) is 2.08. The lowest BCUT2D eigenvalue weighted by molar-refractivity contribution is -0.116. The molecule has 2 rings (SSSR count).